The molecular weight excluding hydrogens is 359 g/mol. The van der Waals surface area contributed by atoms with Crippen molar-refractivity contribution in [1.82, 2.24) is 25.2 Å². The van der Waals surface area contributed by atoms with Crippen molar-refractivity contribution in [2.45, 2.75) is 0 Å². The number of hydrogen-bond acceptors (Lipinski definition) is 6. The summed E-state index contributed by atoms with van der Waals surface area (Å²) in [6.45, 7) is 4.65. The van der Waals surface area contributed by atoms with Gasteiger partial charge in [0.25, 0.3) is 5.91 Å². The highest BCUT2D eigenvalue weighted by atomic mass is 19.1. The Morgan fingerprint density at radius 2 is 1.82 bits per heavy atom. The third-order valence-electron chi connectivity index (χ3n) is 4.85. The van der Waals surface area contributed by atoms with Crippen LogP contribution in [0.4, 0.5) is 10.2 Å². The van der Waals surface area contributed by atoms with E-state index in [9.17, 15) is 9.18 Å². The van der Waals surface area contributed by atoms with Gasteiger partial charge in [-0.2, -0.15) is 0 Å². The Labute approximate surface area is 162 Å². The SMILES string of the molecule is O=C(NCCN1CCN(c2ccc3nccnc3n2)CC1)c1ccccc1F. The first-order valence-corrected chi connectivity index (χ1v) is 9.28. The van der Waals surface area contributed by atoms with Gasteiger partial charge in [0.2, 0.25) is 0 Å². The van der Waals surface area contributed by atoms with Gasteiger partial charge in [0.05, 0.1) is 5.56 Å². The summed E-state index contributed by atoms with van der Waals surface area (Å²) in [6, 6.07) is 9.92. The zero-order chi connectivity index (χ0) is 19.3. The Balaban J connectivity index is 1.26. The third kappa shape index (κ3) is 4.07. The second-order valence-corrected chi connectivity index (χ2v) is 6.63. The molecule has 0 saturated carbocycles. The lowest BCUT2D eigenvalue weighted by molar-refractivity contribution is 0.0943. The number of piperazine rings is 1. The summed E-state index contributed by atoms with van der Waals surface area (Å²) in [5.41, 5.74) is 1.52. The summed E-state index contributed by atoms with van der Waals surface area (Å²) >= 11 is 0. The monoisotopic (exact) mass is 380 g/mol. The predicted molar refractivity (Wildman–Crippen MR) is 105 cm³/mol. The molecule has 1 aliphatic heterocycles. The van der Waals surface area contributed by atoms with Crippen LogP contribution in [0.25, 0.3) is 11.2 Å². The first-order valence-electron chi connectivity index (χ1n) is 9.28. The van der Waals surface area contributed by atoms with Crippen LogP contribution >= 0.6 is 0 Å². The lowest BCUT2D eigenvalue weighted by atomic mass is 10.2. The van der Waals surface area contributed by atoms with Crippen LogP contribution in [-0.4, -0.2) is 65.0 Å². The van der Waals surface area contributed by atoms with E-state index in [-0.39, 0.29) is 11.5 Å². The van der Waals surface area contributed by atoms with Gasteiger partial charge >= 0.3 is 0 Å². The average molecular weight is 380 g/mol. The molecular formula is C20H21FN6O. The number of carbonyl (C=O) groups excluding carboxylic acids is 1. The minimum absolute atomic E-state index is 0.0813. The molecule has 144 valence electrons. The van der Waals surface area contributed by atoms with Crippen molar-refractivity contribution in [2.75, 3.05) is 44.2 Å². The van der Waals surface area contributed by atoms with Gasteiger partial charge in [-0.15, -0.1) is 0 Å². The van der Waals surface area contributed by atoms with Crippen molar-refractivity contribution in [3.05, 3.63) is 60.2 Å². The first-order chi connectivity index (χ1) is 13.7. The van der Waals surface area contributed by atoms with Crippen LogP contribution in [0, 0.1) is 5.82 Å². The molecule has 0 aliphatic carbocycles. The van der Waals surface area contributed by atoms with Gasteiger partial charge in [-0.3, -0.25) is 14.7 Å². The van der Waals surface area contributed by atoms with Crippen LogP contribution < -0.4 is 10.2 Å². The number of amides is 1. The van der Waals surface area contributed by atoms with Crippen molar-refractivity contribution in [3.63, 3.8) is 0 Å². The molecule has 1 saturated heterocycles. The number of hydrogen-bond donors (Lipinski definition) is 1. The summed E-state index contributed by atoms with van der Waals surface area (Å²) in [5.74, 6) is 0.0277. The van der Waals surface area contributed by atoms with Crippen molar-refractivity contribution < 1.29 is 9.18 Å². The fraction of sp³-hybridized carbons (Fsp3) is 0.300. The maximum Gasteiger partial charge on any atom is 0.254 e. The zero-order valence-electron chi connectivity index (χ0n) is 15.4. The minimum atomic E-state index is -0.499. The molecule has 2 aromatic heterocycles. The van der Waals surface area contributed by atoms with Gasteiger partial charge in [0.15, 0.2) is 5.65 Å². The number of carbonyl (C=O) groups is 1. The standard InChI is InChI=1S/C20H21FN6O/c21-16-4-2-1-3-15(16)20(28)24-9-10-26-11-13-27(14-12-26)18-6-5-17-19(25-18)23-8-7-22-17/h1-8H,9-14H2,(H,24,28). The maximum absolute atomic E-state index is 13.6. The number of benzene rings is 1. The highest BCUT2D eigenvalue weighted by molar-refractivity contribution is 5.94. The number of anilines is 1. The van der Waals surface area contributed by atoms with Crippen LogP contribution in [0.15, 0.2) is 48.8 Å². The molecule has 1 aliphatic rings. The molecule has 1 amide bonds. The average Bonchev–Trinajstić information content (AvgIpc) is 2.74. The van der Waals surface area contributed by atoms with E-state index in [0.717, 1.165) is 44.1 Å². The lowest BCUT2D eigenvalue weighted by Gasteiger charge is -2.35. The smallest absolute Gasteiger partial charge is 0.254 e. The van der Waals surface area contributed by atoms with E-state index in [2.05, 4.69) is 30.1 Å². The van der Waals surface area contributed by atoms with Crippen LogP contribution in [-0.2, 0) is 0 Å². The third-order valence-corrected chi connectivity index (χ3v) is 4.85. The summed E-state index contributed by atoms with van der Waals surface area (Å²) < 4.78 is 13.6. The molecule has 4 rings (SSSR count). The largest absolute Gasteiger partial charge is 0.354 e. The number of rotatable bonds is 5. The fourth-order valence-electron chi connectivity index (χ4n) is 3.29. The van der Waals surface area contributed by atoms with Crippen molar-refractivity contribution in [2.24, 2.45) is 0 Å². The summed E-state index contributed by atoms with van der Waals surface area (Å²) in [5, 5.41) is 2.79. The van der Waals surface area contributed by atoms with Gasteiger partial charge in [-0.05, 0) is 24.3 Å². The van der Waals surface area contributed by atoms with E-state index in [0.29, 0.717) is 12.2 Å². The number of halogens is 1. The number of nitrogens with one attached hydrogen (secondary N) is 1. The molecule has 7 nitrogen and oxygen atoms in total. The molecule has 0 bridgehead atoms. The first kappa shape index (κ1) is 18.2. The highest BCUT2D eigenvalue weighted by Crippen LogP contribution is 2.16. The quantitative estimate of drug-likeness (QED) is 0.727. The molecule has 0 atom stereocenters. The van der Waals surface area contributed by atoms with Crippen molar-refractivity contribution in [3.8, 4) is 0 Å². The van der Waals surface area contributed by atoms with Crippen molar-refractivity contribution in [1.29, 1.82) is 0 Å². The van der Waals surface area contributed by atoms with E-state index in [1.54, 1.807) is 24.5 Å². The Morgan fingerprint density at radius 1 is 1.04 bits per heavy atom. The molecule has 0 unspecified atom stereocenters. The molecule has 1 fully saturated rings. The predicted octanol–water partition coefficient (Wildman–Crippen LogP) is 1.72. The van der Waals surface area contributed by atoms with Crippen LogP contribution in [0.1, 0.15) is 10.4 Å². The number of aromatic nitrogens is 3. The molecule has 28 heavy (non-hydrogen) atoms. The molecule has 0 spiro atoms. The van der Waals surface area contributed by atoms with Crippen LogP contribution in [0.5, 0.6) is 0 Å². The number of fused-ring (bicyclic) bond motifs is 1. The Bertz CT molecular complexity index is 974. The molecule has 3 heterocycles. The summed E-state index contributed by atoms with van der Waals surface area (Å²) in [4.78, 5) is 29.7. The Morgan fingerprint density at radius 3 is 2.64 bits per heavy atom. The van der Waals surface area contributed by atoms with E-state index >= 15 is 0 Å². The van der Waals surface area contributed by atoms with Crippen LogP contribution in [0.2, 0.25) is 0 Å². The topological polar surface area (TPSA) is 74.2 Å². The van der Waals surface area contributed by atoms with Crippen LogP contribution in [0.3, 0.4) is 0 Å². The Hall–Kier alpha value is -3.13. The van der Waals surface area contributed by atoms with Crippen molar-refractivity contribution >= 4 is 22.9 Å². The zero-order valence-corrected chi connectivity index (χ0v) is 15.4. The second-order valence-electron chi connectivity index (χ2n) is 6.63. The molecule has 1 aromatic carbocycles. The number of nitrogens with zero attached hydrogens (tertiary/aromatic N) is 5. The van der Waals surface area contributed by atoms with Gasteiger partial charge < -0.3 is 10.2 Å². The Kier molecular flexibility index (Phi) is 5.38. The lowest BCUT2D eigenvalue weighted by Crippen LogP contribution is -2.48. The van der Waals surface area contributed by atoms with E-state index in [1.807, 2.05) is 12.1 Å². The van der Waals surface area contributed by atoms with E-state index < -0.39 is 5.82 Å². The molecule has 1 N–H and O–H groups in total. The number of pyridine rings is 1. The normalized spacial score (nSPS) is 15.0. The summed E-state index contributed by atoms with van der Waals surface area (Å²) in [7, 11) is 0. The fourth-order valence-corrected chi connectivity index (χ4v) is 3.29. The molecule has 0 radical (unpaired) electrons. The van der Waals surface area contributed by atoms with Gasteiger partial charge in [-0.1, -0.05) is 12.1 Å². The minimum Gasteiger partial charge on any atom is -0.354 e. The van der Waals surface area contributed by atoms with Gasteiger partial charge in [0.1, 0.15) is 17.2 Å². The van der Waals surface area contributed by atoms with Gasteiger partial charge in [-0.25, -0.2) is 14.4 Å². The van der Waals surface area contributed by atoms with E-state index in [4.69, 9.17) is 0 Å². The second kappa shape index (κ2) is 8.26. The maximum atomic E-state index is 13.6. The molecule has 3 aromatic rings. The highest BCUT2D eigenvalue weighted by Gasteiger charge is 2.18. The summed E-state index contributed by atoms with van der Waals surface area (Å²) in [6.07, 6.45) is 3.31. The van der Waals surface area contributed by atoms with E-state index in [1.165, 1.54) is 12.1 Å². The molecule has 8 heteroatoms. The van der Waals surface area contributed by atoms with Gasteiger partial charge in [0, 0.05) is 51.7 Å².